The van der Waals surface area contributed by atoms with Gasteiger partial charge in [0, 0.05) is 11.8 Å². The zero-order valence-electron chi connectivity index (χ0n) is 14.4. The smallest absolute Gasteiger partial charge is 0.242 e. The van der Waals surface area contributed by atoms with Crippen molar-refractivity contribution in [2.45, 2.75) is 17.9 Å². The minimum absolute atomic E-state index is 0.135. The van der Waals surface area contributed by atoms with Crippen molar-refractivity contribution in [1.29, 1.82) is 0 Å². The number of hydrogen-bond donors (Lipinski definition) is 2. The summed E-state index contributed by atoms with van der Waals surface area (Å²) in [6.45, 7) is 1.40. The lowest BCUT2D eigenvalue weighted by Crippen LogP contribution is -2.41. The average molecular weight is 382 g/mol. The van der Waals surface area contributed by atoms with Gasteiger partial charge in [-0.15, -0.1) is 0 Å². The molecule has 0 bridgehead atoms. The van der Waals surface area contributed by atoms with Gasteiger partial charge in [-0.05, 0) is 43.3 Å². The fraction of sp³-hybridized carbons (Fsp3) is 0.235. The first-order chi connectivity index (χ1) is 12.3. The van der Waals surface area contributed by atoms with Crippen molar-refractivity contribution in [3.8, 4) is 11.5 Å². The second-order valence-corrected chi connectivity index (χ2v) is 7.07. The Morgan fingerprint density at radius 3 is 2.23 bits per heavy atom. The molecule has 0 aliphatic rings. The van der Waals surface area contributed by atoms with Crippen LogP contribution in [0.2, 0.25) is 0 Å². The first-order valence-electron chi connectivity index (χ1n) is 7.57. The summed E-state index contributed by atoms with van der Waals surface area (Å²) >= 11 is 0. The Labute approximate surface area is 151 Å². The van der Waals surface area contributed by atoms with Gasteiger partial charge in [0.1, 0.15) is 5.82 Å². The molecule has 0 unspecified atom stereocenters. The van der Waals surface area contributed by atoms with Crippen LogP contribution in [0.3, 0.4) is 0 Å². The molecule has 0 saturated heterocycles. The zero-order valence-corrected chi connectivity index (χ0v) is 15.3. The number of sulfonamides is 1. The van der Waals surface area contributed by atoms with E-state index in [1.807, 2.05) is 0 Å². The van der Waals surface area contributed by atoms with Crippen molar-refractivity contribution in [2.24, 2.45) is 0 Å². The summed E-state index contributed by atoms with van der Waals surface area (Å²) in [6.07, 6.45) is 0. The van der Waals surface area contributed by atoms with Gasteiger partial charge in [-0.2, -0.15) is 4.72 Å². The van der Waals surface area contributed by atoms with Gasteiger partial charge in [-0.25, -0.2) is 12.8 Å². The van der Waals surface area contributed by atoms with E-state index in [0.29, 0.717) is 17.2 Å². The van der Waals surface area contributed by atoms with Crippen LogP contribution < -0.4 is 19.5 Å². The lowest BCUT2D eigenvalue weighted by Gasteiger charge is -2.15. The number of amides is 1. The average Bonchev–Trinajstić information content (AvgIpc) is 2.61. The molecule has 7 nitrogen and oxygen atoms in total. The number of nitrogens with one attached hydrogen (secondary N) is 2. The summed E-state index contributed by atoms with van der Waals surface area (Å²) in [6, 6.07) is 8.01. The summed E-state index contributed by atoms with van der Waals surface area (Å²) in [5, 5.41) is 2.59. The Morgan fingerprint density at radius 1 is 1.04 bits per heavy atom. The van der Waals surface area contributed by atoms with Crippen LogP contribution in [0.25, 0.3) is 0 Å². The van der Waals surface area contributed by atoms with E-state index in [9.17, 15) is 17.6 Å². The van der Waals surface area contributed by atoms with Gasteiger partial charge in [0.25, 0.3) is 0 Å². The predicted molar refractivity (Wildman–Crippen MR) is 94.4 cm³/mol. The maximum atomic E-state index is 12.9. The van der Waals surface area contributed by atoms with E-state index < -0.39 is 27.8 Å². The molecule has 2 aromatic rings. The van der Waals surface area contributed by atoms with Crippen LogP contribution >= 0.6 is 0 Å². The Hall–Kier alpha value is -2.65. The molecule has 2 N–H and O–H groups in total. The number of anilines is 1. The summed E-state index contributed by atoms with van der Waals surface area (Å²) in [4.78, 5) is 12.1. The van der Waals surface area contributed by atoms with E-state index in [4.69, 9.17) is 9.47 Å². The third-order valence-corrected chi connectivity index (χ3v) is 5.06. The molecule has 0 fully saturated rings. The molecule has 0 aromatic heterocycles. The highest BCUT2D eigenvalue weighted by atomic mass is 32.2. The zero-order chi connectivity index (χ0) is 19.3. The van der Waals surface area contributed by atoms with E-state index in [0.717, 1.165) is 24.3 Å². The number of hydrogen-bond acceptors (Lipinski definition) is 5. The van der Waals surface area contributed by atoms with Gasteiger partial charge in [0.15, 0.2) is 11.5 Å². The van der Waals surface area contributed by atoms with E-state index in [2.05, 4.69) is 10.0 Å². The third-order valence-electron chi connectivity index (χ3n) is 3.50. The molecule has 0 heterocycles. The largest absolute Gasteiger partial charge is 0.493 e. The molecule has 140 valence electrons. The molecule has 2 aromatic carbocycles. The van der Waals surface area contributed by atoms with Gasteiger partial charge >= 0.3 is 0 Å². The first kappa shape index (κ1) is 19.7. The van der Waals surface area contributed by atoms with Crippen LogP contribution in [0, 0.1) is 5.82 Å². The van der Waals surface area contributed by atoms with Gasteiger partial charge in [0.2, 0.25) is 15.9 Å². The number of methoxy groups -OCH3 is 2. The molecule has 26 heavy (non-hydrogen) atoms. The fourth-order valence-corrected chi connectivity index (χ4v) is 3.34. The molecule has 0 spiro atoms. The molecular formula is C17H19FN2O5S. The lowest BCUT2D eigenvalue weighted by atomic mass is 10.2. The van der Waals surface area contributed by atoms with Crippen LogP contribution in [0.15, 0.2) is 47.4 Å². The van der Waals surface area contributed by atoms with Gasteiger partial charge < -0.3 is 14.8 Å². The molecule has 0 aliphatic carbocycles. The standard InChI is InChI=1S/C17H19FN2O5S/c1-11(20-26(22,23)14-7-4-12(18)5-8-14)17(21)19-13-6-9-15(24-2)16(10-13)25-3/h4-11,20H,1-3H3,(H,19,21)/t11-/m0/s1. The highest BCUT2D eigenvalue weighted by molar-refractivity contribution is 7.89. The van der Waals surface area contributed by atoms with Gasteiger partial charge in [-0.1, -0.05) is 0 Å². The van der Waals surface area contributed by atoms with Gasteiger partial charge in [0.05, 0.1) is 25.2 Å². The normalized spacial score (nSPS) is 12.3. The Morgan fingerprint density at radius 2 is 1.65 bits per heavy atom. The summed E-state index contributed by atoms with van der Waals surface area (Å²) in [7, 11) is -1.01. The number of halogens is 1. The molecular weight excluding hydrogens is 363 g/mol. The van der Waals surface area contributed by atoms with Crippen molar-refractivity contribution in [3.63, 3.8) is 0 Å². The Bertz CT molecular complexity index is 885. The van der Waals surface area contributed by atoms with E-state index in [-0.39, 0.29) is 4.90 Å². The van der Waals surface area contributed by atoms with Crippen LogP contribution in [0.5, 0.6) is 11.5 Å². The highest BCUT2D eigenvalue weighted by Crippen LogP contribution is 2.29. The fourth-order valence-electron chi connectivity index (χ4n) is 2.13. The number of rotatable bonds is 7. The van der Waals surface area contributed by atoms with E-state index in [1.165, 1.54) is 21.1 Å². The quantitative estimate of drug-likeness (QED) is 0.765. The summed E-state index contributed by atoms with van der Waals surface area (Å²) in [5.41, 5.74) is 0.417. The maximum absolute atomic E-state index is 12.9. The van der Waals surface area contributed by atoms with Crippen LogP contribution in [0.4, 0.5) is 10.1 Å². The number of carbonyl (C=O) groups excluding carboxylic acids is 1. The number of carbonyl (C=O) groups is 1. The van der Waals surface area contributed by atoms with E-state index >= 15 is 0 Å². The minimum atomic E-state index is -3.96. The van der Waals surface area contributed by atoms with Crippen LogP contribution in [-0.4, -0.2) is 34.6 Å². The van der Waals surface area contributed by atoms with Crippen LogP contribution in [-0.2, 0) is 14.8 Å². The summed E-state index contributed by atoms with van der Waals surface area (Å²) < 4.78 is 49.9. The molecule has 9 heteroatoms. The Kier molecular flexibility index (Phi) is 6.17. The highest BCUT2D eigenvalue weighted by Gasteiger charge is 2.22. The number of benzene rings is 2. The molecule has 0 aliphatic heterocycles. The minimum Gasteiger partial charge on any atom is -0.493 e. The van der Waals surface area contributed by atoms with Crippen molar-refractivity contribution in [3.05, 3.63) is 48.3 Å². The molecule has 0 radical (unpaired) electrons. The maximum Gasteiger partial charge on any atom is 0.242 e. The predicted octanol–water partition coefficient (Wildman–Crippen LogP) is 2.15. The first-order valence-corrected chi connectivity index (χ1v) is 9.06. The van der Waals surface area contributed by atoms with Crippen molar-refractivity contribution in [1.82, 2.24) is 4.72 Å². The van der Waals surface area contributed by atoms with E-state index in [1.54, 1.807) is 18.2 Å². The van der Waals surface area contributed by atoms with Crippen molar-refractivity contribution in [2.75, 3.05) is 19.5 Å². The Balaban J connectivity index is 2.09. The second-order valence-electron chi connectivity index (χ2n) is 5.36. The molecule has 0 saturated carbocycles. The molecule has 2 rings (SSSR count). The lowest BCUT2D eigenvalue weighted by molar-refractivity contribution is -0.117. The number of ether oxygens (including phenoxy) is 2. The summed E-state index contributed by atoms with van der Waals surface area (Å²) in [5.74, 6) is -0.202. The van der Waals surface area contributed by atoms with Crippen molar-refractivity contribution >= 4 is 21.6 Å². The third kappa shape index (κ3) is 4.70. The van der Waals surface area contributed by atoms with Gasteiger partial charge in [-0.3, -0.25) is 4.79 Å². The topological polar surface area (TPSA) is 93.7 Å². The monoisotopic (exact) mass is 382 g/mol. The molecule has 1 amide bonds. The van der Waals surface area contributed by atoms with Crippen molar-refractivity contribution < 1.29 is 27.1 Å². The SMILES string of the molecule is COc1ccc(NC(=O)[C@H](C)NS(=O)(=O)c2ccc(F)cc2)cc1OC. The molecule has 1 atom stereocenters. The second kappa shape index (κ2) is 8.15. The van der Waals surface area contributed by atoms with Crippen LogP contribution in [0.1, 0.15) is 6.92 Å².